The Kier molecular flexibility index (Phi) is 4.20. The standard InChI is InChI=1S/C11H11F2N3O2S/c1-2-18-11(17)8-9(10(12)13)16(15-14-8)5-7-3-4-19-6-7/h3-4,6,10H,2,5H2,1H3. The number of hydrogen-bond acceptors (Lipinski definition) is 5. The number of hydrogen-bond donors (Lipinski definition) is 0. The lowest BCUT2D eigenvalue weighted by atomic mass is 10.3. The molecule has 0 unspecified atom stereocenters. The van der Waals surface area contributed by atoms with Gasteiger partial charge in [-0.3, -0.25) is 0 Å². The van der Waals surface area contributed by atoms with Crippen LogP contribution in [0.15, 0.2) is 16.8 Å². The molecule has 0 radical (unpaired) electrons. The number of ether oxygens (including phenoxy) is 1. The number of carbonyl (C=O) groups excluding carboxylic acids is 1. The van der Waals surface area contributed by atoms with E-state index in [1.807, 2.05) is 10.8 Å². The molecule has 0 aliphatic heterocycles. The third kappa shape index (κ3) is 2.95. The highest BCUT2D eigenvalue weighted by Crippen LogP contribution is 2.23. The van der Waals surface area contributed by atoms with Crippen LogP contribution in [0, 0.1) is 0 Å². The van der Waals surface area contributed by atoms with Gasteiger partial charge in [0.05, 0.1) is 13.2 Å². The van der Waals surface area contributed by atoms with Crippen molar-refractivity contribution in [3.63, 3.8) is 0 Å². The Hall–Kier alpha value is -1.83. The summed E-state index contributed by atoms with van der Waals surface area (Å²) in [6, 6.07) is 1.80. The SMILES string of the molecule is CCOC(=O)c1nnn(Cc2ccsc2)c1C(F)F. The zero-order chi connectivity index (χ0) is 13.8. The molecule has 102 valence electrons. The molecule has 0 aliphatic carbocycles. The number of nitrogens with zero attached hydrogens (tertiary/aromatic N) is 3. The van der Waals surface area contributed by atoms with E-state index in [0.717, 1.165) is 10.2 Å². The summed E-state index contributed by atoms with van der Waals surface area (Å²) in [6.45, 7) is 1.84. The molecule has 0 fully saturated rings. The van der Waals surface area contributed by atoms with Gasteiger partial charge in [0.2, 0.25) is 0 Å². The maximum absolute atomic E-state index is 13.0. The van der Waals surface area contributed by atoms with Crippen LogP contribution in [0.25, 0.3) is 0 Å². The predicted octanol–water partition coefficient (Wildman–Crippen LogP) is 2.50. The topological polar surface area (TPSA) is 57.0 Å². The van der Waals surface area contributed by atoms with Gasteiger partial charge in [0, 0.05) is 0 Å². The zero-order valence-corrected chi connectivity index (χ0v) is 10.9. The van der Waals surface area contributed by atoms with E-state index in [0.29, 0.717) is 0 Å². The maximum Gasteiger partial charge on any atom is 0.361 e. The third-order valence-electron chi connectivity index (χ3n) is 2.36. The minimum Gasteiger partial charge on any atom is -0.461 e. The Labute approximate surface area is 111 Å². The van der Waals surface area contributed by atoms with Crippen molar-refractivity contribution < 1.29 is 18.3 Å². The minimum absolute atomic E-state index is 0.0961. The first-order valence-electron chi connectivity index (χ1n) is 5.53. The second-order valence-corrected chi connectivity index (χ2v) is 4.41. The van der Waals surface area contributed by atoms with Crippen molar-refractivity contribution in [3.05, 3.63) is 33.8 Å². The highest BCUT2D eigenvalue weighted by Gasteiger charge is 2.27. The van der Waals surface area contributed by atoms with Gasteiger partial charge >= 0.3 is 5.97 Å². The molecular weight excluding hydrogens is 276 g/mol. The third-order valence-corrected chi connectivity index (χ3v) is 3.09. The summed E-state index contributed by atoms with van der Waals surface area (Å²) in [6.07, 6.45) is -2.84. The van der Waals surface area contributed by atoms with Crippen molar-refractivity contribution in [2.45, 2.75) is 19.9 Å². The van der Waals surface area contributed by atoms with Crippen molar-refractivity contribution in [1.29, 1.82) is 0 Å². The van der Waals surface area contributed by atoms with Gasteiger partial charge in [-0.2, -0.15) is 11.3 Å². The second kappa shape index (κ2) is 5.87. The van der Waals surface area contributed by atoms with Crippen molar-refractivity contribution >= 4 is 17.3 Å². The first-order valence-corrected chi connectivity index (χ1v) is 6.47. The van der Waals surface area contributed by atoms with Crippen molar-refractivity contribution in [1.82, 2.24) is 15.0 Å². The van der Waals surface area contributed by atoms with E-state index >= 15 is 0 Å². The average Bonchev–Trinajstić information content (AvgIpc) is 2.99. The van der Waals surface area contributed by atoms with Gasteiger partial charge in [0.15, 0.2) is 5.69 Å². The van der Waals surface area contributed by atoms with Gasteiger partial charge in [-0.25, -0.2) is 18.3 Å². The molecule has 0 aromatic carbocycles. The van der Waals surface area contributed by atoms with Gasteiger partial charge in [0.25, 0.3) is 6.43 Å². The Morgan fingerprint density at radius 2 is 2.37 bits per heavy atom. The summed E-state index contributed by atoms with van der Waals surface area (Å²) in [5.74, 6) is -0.880. The van der Waals surface area contributed by atoms with Gasteiger partial charge in [-0.1, -0.05) is 5.21 Å². The first kappa shape index (κ1) is 13.6. The Morgan fingerprint density at radius 1 is 1.58 bits per heavy atom. The van der Waals surface area contributed by atoms with E-state index in [4.69, 9.17) is 0 Å². The van der Waals surface area contributed by atoms with Crippen LogP contribution < -0.4 is 0 Å². The van der Waals surface area contributed by atoms with Crippen molar-refractivity contribution in [3.8, 4) is 0 Å². The van der Waals surface area contributed by atoms with Crippen molar-refractivity contribution in [2.75, 3.05) is 6.61 Å². The van der Waals surface area contributed by atoms with Crippen LogP contribution in [0.2, 0.25) is 0 Å². The molecule has 0 aliphatic rings. The fraction of sp³-hybridized carbons (Fsp3) is 0.364. The molecule has 0 saturated heterocycles. The molecular formula is C11H11F2N3O2S. The Morgan fingerprint density at radius 3 is 2.95 bits per heavy atom. The largest absolute Gasteiger partial charge is 0.461 e. The molecule has 0 N–H and O–H groups in total. The number of alkyl halides is 2. The normalized spacial score (nSPS) is 10.9. The lowest BCUT2D eigenvalue weighted by Crippen LogP contribution is -2.12. The van der Waals surface area contributed by atoms with Crippen molar-refractivity contribution in [2.24, 2.45) is 0 Å². The number of rotatable bonds is 5. The van der Waals surface area contributed by atoms with E-state index in [1.165, 1.54) is 11.3 Å². The first-order chi connectivity index (χ1) is 9.13. The van der Waals surface area contributed by atoms with Gasteiger partial charge in [-0.05, 0) is 29.3 Å². The van der Waals surface area contributed by atoms with E-state index in [9.17, 15) is 13.6 Å². The van der Waals surface area contributed by atoms with Crippen LogP contribution in [-0.4, -0.2) is 27.6 Å². The fourth-order valence-corrected chi connectivity index (χ4v) is 2.21. The highest BCUT2D eigenvalue weighted by atomic mass is 32.1. The van der Waals surface area contributed by atoms with Crippen LogP contribution in [0.3, 0.4) is 0 Å². The number of thiophene rings is 1. The number of carbonyl (C=O) groups is 1. The lowest BCUT2D eigenvalue weighted by Gasteiger charge is -2.05. The second-order valence-electron chi connectivity index (χ2n) is 3.63. The molecule has 0 amide bonds. The van der Waals surface area contributed by atoms with Crippen LogP contribution in [0.4, 0.5) is 8.78 Å². The minimum atomic E-state index is -2.84. The summed E-state index contributed by atoms with van der Waals surface area (Å²) >= 11 is 1.45. The monoisotopic (exact) mass is 287 g/mol. The summed E-state index contributed by atoms with van der Waals surface area (Å²) in [5.41, 5.74) is -0.107. The fourth-order valence-electron chi connectivity index (χ4n) is 1.55. The Balaban J connectivity index is 2.31. The molecule has 5 nitrogen and oxygen atoms in total. The molecule has 2 aromatic rings. The quantitative estimate of drug-likeness (QED) is 0.793. The molecule has 0 bridgehead atoms. The predicted molar refractivity (Wildman–Crippen MR) is 64.4 cm³/mol. The summed E-state index contributed by atoms with van der Waals surface area (Å²) in [4.78, 5) is 11.5. The van der Waals surface area contributed by atoms with E-state index in [-0.39, 0.29) is 13.2 Å². The molecule has 2 aromatic heterocycles. The highest BCUT2D eigenvalue weighted by molar-refractivity contribution is 7.07. The molecule has 19 heavy (non-hydrogen) atoms. The van der Waals surface area contributed by atoms with Crippen LogP contribution in [0.5, 0.6) is 0 Å². The Bertz CT molecular complexity index is 554. The number of aromatic nitrogens is 3. The zero-order valence-electron chi connectivity index (χ0n) is 10.0. The molecule has 0 atom stereocenters. The summed E-state index contributed by atoms with van der Waals surface area (Å²) in [5, 5.41) is 10.8. The molecule has 8 heteroatoms. The van der Waals surface area contributed by atoms with Gasteiger partial charge in [0.1, 0.15) is 5.69 Å². The van der Waals surface area contributed by atoms with Crippen LogP contribution in [0.1, 0.15) is 35.1 Å². The van der Waals surface area contributed by atoms with E-state index in [1.54, 1.807) is 13.0 Å². The summed E-state index contributed by atoms with van der Waals surface area (Å²) < 4.78 is 31.8. The average molecular weight is 287 g/mol. The van der Waals surface area contributed by atoms with E-state index < -0.39 is 23.8 Å². The molecule has 2 rings (SSSR count). The van der Waals surface area contributed by atoms with E-state index in [2.05, 4.69) is 15.0 Å². The van der Waals surface area contributed by atoms with Gasteiger partial charge in [-0.15, -0.1) is 5.10 Å². The molecule has 0 spiro atoms. The van der Waals surface area contributed by atoms with Crippen LogP contribution in [-0.2, 0) is 11.3 Å². The smallest absolute Gasteiger partial charge is 0.361 e. The lowest BCUT2D eigenvalue weighted by molar-refractivity contribution is 0.0506. The summed E-state index contributed by atoms with van der Waals surface area (Å²) in [7, 11) is 0. The molecule has 2 heterocycles. The number of halogens is 2. The number of esters is 1. The molecule has 0 saturated carbocycles. The maximum atomic E-state index is 13.0. The van der Waals surface area contributed by atoms with Crippen LogP contribution >= 0.6 is 11.3 Å². The van der Waals surface area contributed by atoms with Gasteiger partial charge < -0.3 is 4.74 Å².